The normalized spacial score (nSPS) is 11.3. The standard InChI is InChI=1S/C21H26N2O4S/c1-12-17(13-8-10-14(11-9-13)21(2,3)4)18(19(22)27)20(28-12)23-15(24)6-5-7-16(25)26/h8-11H,5-7H2,1-4H3,(H2,22,27)(H,23,24)(H,25,26). The number of carbonyl (C=O) groups excluding carboxylic acids is 2. The second-order valence-electron chi connectivity index (χ2n) is 7.72. The van der Waals surface area contributed by atoms with E-state index in [0.29, 0.717) is 5.00 Å². The van der Waals surface area contributed by atoms with E-state index in [-0.39, 0.29) is 36.1 Å². The van der Waals surface area contributed by atoms with Gasteiger partial charge >= 0.3 is 5.97 Å². The zero-order valence-electron chi connectivity index (χ0n) is 16.6. The number of primary amides is 1. The summed E-state index contributed by atoms with van der Waals surface area (Å²) in [4.78, 5) is 35.7. The van der Waals surface area contributed by atoms with E-state index in [4.69, 9.17) is 10.8 Å². The molecule has 150 valence electrons. The summed E-state index contributed by atoms with van der Waals surface area (Å²) in [6.07, 6.45) is 0.223. The largest absolute Gasteiger partial charge is 0.481 e. The highest BCUT2D eigenvalue weighted by Crippen LogP contribution is 2.40. The maximum atomic E-state index is 12.1. The van der Waals surface area contributed by atoms with Gasteiger partial charge in [0.1, 0.15) is 5.00 Å². The number of carbonyl (C=O) groups is 3. The van der Waals surface area contributed by atoms with Crippen molar-refractivity contribution < 1.29 is 19.5 Å². The van der Waals surface area contributed by atoms with Crippen molar-refractivity contribution in [2.24, 2.45) is 5.73 Å². The lowest BCUT2D eigenvalue weighted by Gasteiger charge is -2.19. The highest BCUT2D eigenvalue weighted by molar-refractivity contribution is 7.17. The molecule has 1 aromatic heterocycles. The maximum Gasteiger partial charge on any atom is 0.303 e. The Bertz CT molecular complexity index is 892. The molecule has 0 radical (unpaired) electrons. The molecule has 0 saturated heterocycles. The van der Waals surface area contributed by atoms with Crippen LogP contribution in [0.3, 0.4) is 0 Å². The molecule has 0 bridgehead atoms. The molecule has 0 aliphatic heterocycles. The molecule has 4 N–H and O–H groups in total. The number of amides is 2. The fourth-order valence-corrected chi connectivity index (χ4v) is 4.04. The zero-order chi connectivity index (χ0) is 21.1. The number of carboxylic acid groups (broad SMARTS) is 1. The van der Waals surface area contributed by atoms with Gasteiger partial charge in [-0.3, -0.25) is 14.4 Å². The summed E-state index contributed by atoms with van der Waals surface area (Å²) in [7, 11) is 0. The van der Waals surface area contributed by atoms with Crippen molar-refractivity contribution in [2.75, 3.05) is 5.32 Å². The van der Waals surface area contributed by atoms with E-state index in [1.165, 1.54) is 16.9 Å². The summed E-state index contributed by atoms with van der Waals surface area (Å²) < 4.78 is 0. The van der Waals surface area contributed by atoms with Gasteiger partial charge in [0.25, 0.3) is 5.91 Å². The third-order valence-electron chi connectivity index (χ3n) is 4.42. The second kappa shape index (κ2) is 8.56. The van der Waals surface area contributed by atoms with E-state index in [2.05, 4.69) is 26.1 Å². The van der Waals surface area contributed by atoms with Crippen molar-refractivity contribution in [3.05, 3.63) is 40.3 Å². The average molecular weight is 403 g/mol. The number of carboxylic acids is 1. The van der Waals surface area contributed by atoms with Gasteiger partial charge in [-0.15, -0.1) is 11.3 Å². The predicted molar refractivity (Wildman–Crippen MR) is 112 cm³/mol. The molecule has 2 aromatic rings. The Morgan fingerprint density at radius 3 is 2.21 bits per heavy atom. The highest BCUT2D eigenvalue weighted by atomic mass is 32.1. The van der Waals surface area contributed by atoms with E-state index < -0.39 is 11.9 Å². The molecule has 0 aliphatic carbocycles. The number of anilines is 1. The number of nitrogens with one attached hydrogen (secondary N) is 1. The van der Waals surface area contributed by atoms with Crippen LogP contribution in [0.5, 0.6) is 0 Å². The van der Waals surface area contributed by atoms with E-state index in [0.717, 1.165) is 16.0 Å². The van der Waals surface area contributed by atoms with Crippen LogP contribution in [0.15, 0.2) is 24.3 Å². The first-order chi connectivity index (χ1) is 13.0. The van der Waals surface area contributed by atoms with Gasteiger partial charge in [-0.2, -0.15) is 0 Å². The fourth-order valence-electron chi connectivity index (χ4n) is 2.94. The molecule has 1 heterocycles. The molecule has 0 fully saturated rings. The Hall–Kier alpha value is -2.67. The van der Waals surface area contributed by atoms with E-state index in [9.17, 15) is 14.4 Å². The lowest BCUT2D eigenvalue weighted by Crippen LogP contribution is -2.17. The third-order valence-corrected chi connectivity index (χ3v) is 5.44. The van der Waals surface area contributed by atoms with Crippen LogP contribution in [0.2, 0.25) is 0 Å². The third kappa shape index (κ3) is 5.19. The maximum absolute atomic E-state index is 12.1. The van der Waals surface area contributed by atoms with Crippen LogP contribution in [0.25, 0.3) is 11.1 Å². The number of nitrogens with two attached hydrogens (primary N) is 1. The smallest absolute Gasteiger partial charge is 0.303 e. The minimum absolute atomic E-state index is 0.0177. The van der Waals surface area contributed by atoms with Crippen LogP contribution < -0.4 is 11.1 Å². The van der Waals surface area contributed by atoms with Gasteiger partial charge in [0.2, 0.25) is 5.91 Å². The molecule has 1 aromatic carbocycles. The van der Waals surface area contributed by atoms with E-state index >= 15 is 0 Å². The molecule has 0 atom stereocenters. The van der Waals surface area contributed by atoms with Gasteiger partial charge in [0.15, 0.2) is 0 Å². The number of aliphatic carboxylic acids is 1. The van der Waals surface area contributed by atoms with Crippen LogP contribution in [0.4, 0.5) is 5.00 Å². The topological polar surface area (TPSA) is 109 Å². The first-order valence-electron chi connectivity index (χ1n) is 9.06. The fraction of sp³-hybridized carbons (Fsp3) is 0.381. The lowest BCUT2D eigenvalue weighted by molar-refractivity contribution is -0.137. The quantitative estimate of drug-likeness (QED) is 0.641. The van der Waals surface area contributed by atoms with Crippen molar-refractivity contribution in [3.63, 3.8) is 0 Å². The minimum atomic E-state index is -0.946. The SMILES string of the molecule is Cc1sc(NC(=O)CCCC(=O)O)c(C(N)=O)c1-c1ccc(C(C)(C)C)cc1. The molecule has 28 heavy (non-hydrogen) atoms. The lowest BCUT2D eigenvalue weighted by atomic mass is 9.86. The molecule has 0 unspecified atom stereocenters. The summed E-state index contributed by atoms with van der Waals surface area (Å²) in [6.45, 7) is 8.27. The van der Waals surface area contributed by atoms with E-state index in [1.54, 1.807) is 0 Å². The average Bonchev–Trinajstić information content (AvgIpc) is 2.89. The summed E-state index contributed by atoms with van der Waals surface area (Å²) in [5.41, 5.74) is 8.69. The van der Waals surface area contributed by atoms with Gasteiger partial charge in [-0.05, 0) is 29.9 Å². The summed E-state index contributed by atoms with van der Waals surface area (Å²) >= 11 is 1.29. The van der Waals surface area contributed by atoms with Crippen LogP contribution in [-0.2, 0) is 15.0 Å². The number of hydrogen-bond acceptors (Lipinski definition) is 4. The van der Waals surface area contributed by atoms with Gasteiger partial charge in [-0.1, -0.05) is 45.0 Å². The molecule has 2 amide bonds. The van der Waals surface area contributed by atoms with Crippen molar-refractivity contribution >= 4 is 34.1 Å². The second-order valence-corrected chi connectivity index (χ2v) is 8.95. The summed E-state index contributed by atoms with van der Waals surface area (Å²) in [5, 5.41) is 11.8. The molecule has 0 saturated carbocycles. The van der Waals surface area contributed by atoms with Crippen molar-refractivity contribution in [3.8, 4) is 11.1 Å². The Balaban J connectivity index is 2.33. The Morgan fingerprint density at radius 2 is 1.71 bits per heavy atom. The zero-order valence-corrected chi connectivity index (χ0v) is 17.4. The number of aryl methyl sites for hydroxylation is 1. The molecule has 2 rings (SSSR count). The molecule has 7 heteroatoms. The van der Waals surface area contributed by atoms with Gasteiger partial charge in [0, 0.05) is 23.3 Å². The molecule has 0 spiro atoms. The predicted octanol–water partition coefficient (Wildman–Crippen LogP) is 4.31. The molecular weight excluding hydrogens is 376 g/mol. The van der Waals surface area contributed by atoms with Crippen LogP contribution in [-0.4, -0.2) is 22.9 Å². The summed E-state index contributed by atoms with van der Waals surface area (Å²) in [6, 6.07) is 7.98. The minimum Gasteiger partial charge on any atom is -0.481 e. The first kappa shape index (κ1) is 21.6. The summed E-state index contributed by atoms with van der Waals surface area (Å²) in [5.74, 6) is -1.89. The first-order valence-corrected chi connectivity index (χ1v) is 9.88. The Labute approximate surface area is 168 Å². The van der Waals surface area contributed by atoms with Crippen LogP contribution >= 0.6 is 11.3 Å². The van der Waals surface area contributed by atoms with Gasteiger partial charge < -0.3 is 16.2 Å². The van der Waals surface area contributed by atoms with Crippen molar-refractivity contribution in [1.82, 2.24) is 0 Å². The number of rotatable bonds is 7. The van der Waals surface area contributed by atoms with Gasteiger partial charge in [0.05, 0.1) is 5.56 Å². The molecular formula is C21H26N2O4S. The highest BCUT2D eigenvalue weighted by Gasteiger charge is 2.23. The van der Waals surface area contributed by atoms with Crippen LogP contribution in [0.1, 0.15) is 60.8 Å². The van der Waals surface area contributed by atoms with Crippen LogP contribution in [0, 0.1) is 6.92 Å². The number of thiophene rings is 1. The van der Waals surface area contributed by atoms with Crippen molar-refractivity contribution in [1.29, 1.82) is 0 Å². The molecule has 6 nitrogen and oxygen atoms in total. The monoisotopic (exact) mass is 402 g/mol. The Morgan fingerprint density at radius 1 is 1.11 bits per heavy atom. The number of benzene rings is 1. The van der Waals surface area contributed by atoms with E-state index in [1.807, 2.05) is 31.2 Å². The molecule has 0 aliphatic rings. The number of hydrogen-bond donors (Lipinski definition) is 3. The Kier molecular flexibility index (Phi) is 6.61. The van der Waals surface area contributed by atoms with Crippen molar-refractivity contribution in [2.45, 2.75) is 52.4 Å². The van der Waals surface area contributed by atoms with Gasteiger partial charge in [-0.25, -0.2) is 0 Å².